The Bertz CT molecular complexity index is 1340. The van der Waals surface area contributed by atoms with E-state index in [0.717, 1.165) is 44.0 Å². The third-order valence-corrected chi connectivity index (χ3v) is 11.6. The first kappa shape index (κ1) is 20.9. The molecular formula is C30H31ClN2O3. The second-order valence-electron chi connectivity index (χ2n) is 12.5. The summed E-state index contributed by atoms with van der Waals surface area (Å²) in [7, 11) is 1.77. The Balaban J connectivity index is 1.18. The van der Waals surface area contributed by atoms with Crippen molar-refractivity contribution >= 4 is 17.5 Å². The highest BCUT2D eigenvalue weighted by Gasteiger charge is 2.95. The number of nitrogens with zero attached hydrogens (tertiary/aromatic N) is 2. The molecule has 4 aliphatic carbocycles. The third-order valence-electron chi connectivity index (χ3n) is 11.4. The fourth-order valence-corrected chi connectivity index (χ4v) is 10.5. The van der Waals surface area contributed by atoms with Gasteiger partial charge in [0.1, 0.15) is 11.4 Å². The fourth-order valence-electron chi connectivity index (χ4n) is 10.3. The molecule has 7 unspecified atom stereocenters. The van der Waals surface area contributed by atoms with E-state index in [0.29, 0.717) is 28.5 Å². The predicted octanol–water partition coefficient (Wildman–Crippen LogP) is 4.31. The molecule has 3 saturated heterocycles. The van der Waals surface area contributed by atoms with Crippen LogP contribution in [-0.2, 0) is 16.6 Å². The number of ether oxygens (including phenoxy) is 2. The third kappa shape index (κ3) is 2.12. The number of carbonyl (C=O) groups is 1. The molecule has 7 atom stereocenters. The van der Waals surface area contributed by atoms with Crippen molar-refractivity contribution in [3.05, 3.63) is 64.2 Å². The van der Waals surface area contributed by atoms with E-state index in [4.69, 9.17) is 21.1 Å². The maximum Gasteiger partial charge on any atom is 0.254 e. The van der Waals surface area contributed by atoms with Gasteiger partial charge in [0.25, 0.3) is 5.91 Å². The minimum absolute atomic E-state index is 0.0310. The zero-order valence-electron chi connectivity index (χ0n) is 20.6. The molecule has 3 aliphatic heterocycles. The largest absolute Gasteiger partial charge is 0.497 e. The average Bonchev–Trinajstić information content (AvgIpc) is 3.43. The van der Waals surface area contributed by atoms with Gasteiger partial charge in [-0.3, -0.25) is 9.69 Å². The number of hydrogen-bond donors (Lipinski definition) is 0. The molecule has 2 aromatic carbocycles. The molecule has 0 radical (unpaired) electrons. The summed E-state index contributed by atoms with van der Waals surface area (Å²) in [6, 6.07) is 14.9. The Morgan fingerprint density at radius 3 is 2.92 bits per heavy atom. The second-order valence-corrected chi connectivity index (χ2v) is 13.0. The van der Waals surface area contributed by atoms with Crippen molar-refractivity contribution in [1.82, 2.24) is 9.80 Å². The molecule has 1 amide bonds. The number of fused-ring (bicyclic) bond motifs is 1. The molecule has 3 heterocycles. The van der Waals surface area contributed by atoms with Gasteiger partial charge in [0.05, 0.1) is 19.3 Å². The van der Waals surface area contributed by atoms with E-state index >= 15 is 0 Å². The van der Waals surface area contributed by atoms with E-state index in [1.165, 1.54) is 30.5 Å². The van der Waals surface area contributed by atoms with Gasteiger partial charge < -0.3 is 14.4 Å². The van der Waals surface area contributed by atoms with Crippen LogP contribution in [0.4, 0.5) is 0 Å². The molecule has 2 spiro atoms. The lowest BCUT2D eigenvalue weighted by Crippen LogP contribution is -2.81. The lowest BCUT2D eigenvalue weighted by atomic mass is 9.48. The Labute approximate surface area is 216 Å². The van der Waals surface area contributed by atoms with E-state index in [2.05, 4.69) is 28.0 Å². The lowest BCUT2D eigenvalue weighted by molar-refractivity contribution is -0.324. The summed E-state index contributed by atoms with van der Waals surface area (Å²) in [6.07, 6.45) is 6.03. The molecule has 5 nitrogen and oxygen atoms in total. The number of halogens is 1. The summed E-state index contributed by atoms with van der Waals surface area (Å²) in [4.78, 5) is 18.7. The van der Waals surface area contributed by atoms with E-state index in [1.807, 2.05) is 24.3 Å². The maximum absolute atomic E-state index is 13.8. The fraction of sp³-hybridized carbons (Fsp3) is 0.567. The van der Waals surface area contributed by atoms with Gasteiger partial charge in [0.2, 0.25) is 0 Å². The van der Waals surface area contributed by atoms with Crippen LogP contribution in [0.2, 0.25) is 5.02 Å². The minimum Gasteiger partial charge on any atom is -0.497 e. The van der Waals surface area contributed by atoms with Crippen LogP contribution in [-0.4, -0.2) is 65.7 Å². The summed E-state index contributed by atoms with van der Waals surface area (Å²) >= 11 is 6.26. The first-order chi connectivity index (χ1) is 17.5. The van der Waals surface area contributed by atoms with Gasteiger partial charge in [-0.2, -0.15) is 0 Å². The van der Waals surface area contributed by atoms with Crippen molar-refractivity contribution in [2.45, 2.75) is 60.8 Å². The summed E-state index contributed by atoms with van der Waals surface area (Å²) in [5.41, 5.74) is 3.28. The van der Waals surface area contributed by atoms with Crippen LogP contribution in [0.3, 0.4) is 0 Å². The van der Waals surface area contributed by atoms with E-state index in [-0.39, 0.29) is 28.6 Å². The van der Waals surface area contributed by atoms with Crippen LogP contribution in [0.5, 0.6) is 5.75 Å². The van der Waals surface area contributed by atoms with Gasteiger partial charge in [-0.05, 0) is 86.0 Å². The van der Waals surface area contributed by atoms with E-state index < -0.39 is 0 Å². The van der Waals surface area contributed by atoms with Crippen LogP contribution >= 0.6 is 11.6 Å². The predicted molar refractivity (Wildman–Crippen MR) is 135 cm³/mol. The van der Waals surface area contributed by atoms with Crippen molar-refractivity contribution in [1.29, 1.82) is 0 Å². The Morgan fingerprint density at radius 1 is 1.22 bits per heavy atom. The summed E-state index contributed by atoms with van der Waals surface area (Å²) in [5, 5.41) is 0.613. The molecule has 6 heteroatoms. The number of amides is 1. The van der Waals surface area contributed by atoms with Crippen LogP contribution in [0.15, 0.2) is 42.5 Å². The number of piperidine rings is 2. The summed E-state index contributed by atoms with van der Waals surface area (Å²) in [5.74, 6) is 2.81. The van der Waals surface area contributed by atoms with Crippen LogP contribution in [0.1, 0.15) is 47.2 Å². The molecule has 7 bridgehead atoms. The number of benzene rings is 2. The highest BCUT2D eigenvalue weighted by Crippen LogP contribution is 2.85. The number of methoxy groups -OCH3 is 1. The number of likely N-dealkylation sites (tertiary alicyclic amines) is 2. The molecule has 3 saturated carbocycles. The summed E-state index contributed by atoms with van der Waals surface area (Å²) in [6.45, 7) is 3.08. The zero-order valence-corrected chi connectivity index (χ0v) is 21.3. The van der Waals surface area contributed by atoms with Gasteiger partial charge in [-0.1, -0.05) is 23.7 Å². The highest BCUT2D eigenvalue weighted by molar-refractivity contribution is 6.31. The molecule has 36 heavy (non-hydrogen) atoms. The zero-order chi connectivity index (χ0) is 24.0. The SMILES string of the molecule is COc1ccc2c(c1)C13CCN(CC4CC4)C(C2)C12OC14CN(C(=O)c5cccc(Cl)c5)C(CC12)C43. The van der Waals surface area contributed by atoms with Crippen molar-refractivity contribution in [2.75, 3.05) is 26.7 Å². The smallest absolute Gasteiger partial charge is 0.254 e. The minimum atomic E-state index is -0.197. The van der Waals surface area contributed by atoms with Crippen LogP contribution in [0, 0.1) is 17.8 Å². The Morgan fingerprint density at radius 2 is 2.11 bits per heavy atom. The molecule has 2 aromatic rings. The summed E-state index contributed by atoms with van der Waals surface area (Å²) < 4.78 is 13.1. The van der Waals surface area contributed by atoms with Crippen LogP contribution < -0.4 is 4.74 Å². The first-order valence-corrected chi connectivity index (χ1v) is 14.1. The lowest BCUT2D eigenvalue weighted by Gasteiger charge is -2.70. The van der Waals surface area contributed by atoms with E-state index in [1.54, 1.807) is 7.11 Å². The standard InChI is InChI=1S/C30H31ClN2O3/c1-35-21-8-7-18-12-25-30-24-14-23-26(28(30,22(18)13-21)9-10-32(25)15-17-5-6-17)29(24,36-30)16-33(23)27(34)19-3-2-4-20(31)11-19/h2-4,7-8,11,13,17,23-26H,5-6,9-10,12,14-16H2,1H3. The number of carbonyl (C=O) groups excluding carboxylic acids is 1. The quantitative estimate of drug-likeness (QED) is 0.625. The van der Waals surface area contributed by atoms with Crippen molar-refractivity contribution in [2.24, 2.45) is 17.8 Å². The van der Waals surface area contributed by atoms with Gasteiger partial charge in [-0.15, -0.1) is 0 Å². The average molecular weight is 503 g/mol. The monoisotopic (exact) mass is 502 g/mol. The molecule has 7 aliphatic rings. The van der Waals surface area contributed by atoms with Gasteiger partial charge >= 0.3 is 0 Å². The first-order valence-electron chi connectivity index (χ1n) is 13.7. The number of rotatable bonds is 4. The molecule has 0 N–H and O–H groups in total. The Hall–Kier alpha value is -2.08. The molecular weight excluding hydrogens is 472 g/mol. The van der Waals surface area contributed by atoms with Crippen LogP contribution in [0.25, 0.3) is 0 Å². The van der Waals surface area contributed by atoms with E-state index in [9.17, 15) is 4.79 Å². The second kappa shape index (κ2) is 6.48. The van der Waals surface area contributed by atoms with Gasteiger partial charge in [0.15, 0.2) is 0 Å². The van der Waals surface area contributed by atoms with Gasteiger partial charge in [0, 0.05) is 46.5 Å². The van der Waals surface area contributed by atoms with Crippen molar-refractivity contribution in [3.63, 3.8) is 0 Å². The highest BCUT2D eigenvalue weighted by atomic mass is 35.5. The molecule has 186 valence electrons. The van der Waals surface area contributed by atoms with Crippen molar-refractivity contribution < 1.29 is 14.3 Å². The van der Waals surface area contributed by atoms with Gasteiger partial charge in [-0.25, -0.2) is 0 Å². The maximum atomic E-state index is 13.8. The topological polar surface area (TPSA) is 42.0 Å². The normalized spacial score (nSPS) is 42.7. The molecule has 6 fully saturated rings. The van der Waals surface area contributed by atoms with Crippen molar-refractivity contribution in [3.8, 4) is 5.75 Å². The molecule has 9 rings (SSSR count). The number of hydrogen-bond acceptors (Lipinski definition) is 4. The Kier molecular flexibility index (Phi) is 3.77. The molecule has 0 aromatic heterocycles.